The van der Waals surface area contributed by atoms with Crippen LogP contribution in [0.15, 0.2) is 18.2 Å². The molecule has 1 aliphatic rings. The van der Waals surface area contributed by atoms with Crippen LogP contribution in [-0.2, 0) is 6.42 Å². The first-order valence-electron chi connectivity index (χ1n) is 6.27. The van der Waals surface area contributed by atoms with Crippen molar-refractivity contribution in [3.8, 4) is 0 Å². The molecule has 1 saturated carbocycles. The predicted molar refractivity (Wildman–Crippen MR) is 68.8 cm³/mol. The molecule has 0 bridgehead atoms. The van der Waals surface area contributed by atoms with Gasteiger partial charge >= 0.3 is 6.18 Å². The van der Waals surface area contributed by atoms with E-state index in [1.54, 1.807) is 22.8 Å². The number of rotatable bonds is 3. The van der Waals surface area contributed by atoms with E-state index in [9.17, 15) is 18.3 Å². The second kappa shape index (κ2) is 4.63. The maximum absolute atomic E-state index is 12.5. The van der Waals surface area contributed by atoms with Crippen molar-refractivity contribution in [3.05, 3.63) is 29.0 Å². The molecule has 0 radical (unpaired) electrons. The van der Waals surface area contributed by atoms with Gasteiger partial charge in [0.15, 0.2) is 6.10 Å². The molecule has 108 valence electrons. The summed E-state index contributed by atoms with van der Waals surface area (Å²) >= 11 is 5.93. The molecule has 1 aliphatic carbocycles. The first kappa shape index (κ1) is 13.7. The molecule has 0 aliphatic heterocycles. The van der Waals surface area contributed by atoms with Gasteiger partial charge < -0.3 is 9.67 Å². The van der Waals surface area contributed by atoms with Crippen LogP contribution in [0.4, 0.5) is 13.2 Å². The van der Waals surface area contributed by atoms with Crippen LogP contribution in [0.25, 0.3) is 11.0 Å². The topological polar surface area (TPSA) is 38.1 Å². The number of fused-ring (bicyclic) bond motifs is 1. The number of aromatic nitrogens is 2. The van der Waals surface area contributed by atoms with Gasteiger partial charge in [-0.25, -0.2) is 4.98 Å². The van der Waals surface area contributed by atoms with E-state index in [2.05, 4.69) is 4.98 Å². The summed E-state index contributed by atoms with van der Waals surface area (Å²) in [6.07, 6.45) is -5.75. The van der Waals surface area contributed by atoms with Crippen molar-refractivity contribution in [2.24, 2.45) is 0 Å². The van der Waals surface area contributed by atoms with Gasteiger partial charge in [0, 0.05) is 17.5 Å². The van der Waals surface area contributed by atoms with E-state index in [-0.39, 0.29) is 11.9 Å². The maximum Gasteiger partial charge on any atom is 0.414 e. The largest absolute Gasteiger partial charge is 0.414 e. The van der Waals surface area contributed by atoms with E-state index in [0.717, 1.165) is 18.4 Å². The Morgan fingerprint density at radius 2 is 2.10 bits per heavy atom. The highest BCUT2D eigenvalue weighted by Crippen LogP contribution is 2.39. The minimum Gasteiger partial charge on any atom is -0.383 e. The van der Waals surface area contributed by atoms with Gasteiger partial charge in [-0.2, -0.15) is 13.2 Å². The fourth-order valence-electron chi connectivity index (χ4n) is 2.29. The average molecular weight is 305 g/mol. The molecular weight excluding hydrogens is 293 g/mol. The number of hydrogen-bond donors (Lipinski definition) is 1. The molecule has 2 aromatic rings. The van der Waals surface area contributed by atoms with Gasteiger partial charge in [-0.05, 0) is 31.0 Å². The van der Waals surface area contributed by atoms with Crippen molar-refractivity contribution >= 4 is 22.6 Å². The number of alkyl halides is 3. The Labute approximate surface area is 118 Å². The fraction of sp³-hybridized carbons (Fsp3) is 0.462. The summed E-state index contributed by atoms with van der Waals surface area (Å²) in [4.78, 5) is 4.21. The third kappa shape index (κ3) is 2.50. The second-order valence-electron chi connectivity index (χ2n) is 5.02. The number of aliphatic hydroxyl groups excluding tert-OH is 1. The highest BCUT2D eigenvalue weighted by atomic mass is 35.5. The molecule has 7 heteroatoms. The number of nitrogens with zero attached hydrogens (tertiary/aromatic N) is 2. The summed E-state index contributed by atoms with van der Waals surface area (Å²) in [6, 6.07) is 5.19. The van der Waals surface area contributed by atoms with Gasteiger partial charge in [-0.1, -0.05) is 11.6 Å². The molecule has 1 heterocycles. The molecule has 1 aromatic heterocycles. The standard InChI is InChI=1S/C13H12ClF3N2O/c14-7-1-4-9-10(5-7)19(8-2-3-8)12(18-9)6-11(20)13(15,16)17/h1,4-5,8,11,20H,2-3,6H2. The summed E-state index contributed by atoms with van der Waals surface area (Å²) in [6.45, 7) is 0. The molecule has 20 heavy (non-hydrogen) atoms. The Hall–Kier alpha value is -1.27. The van der Waals surface area contributed by atoms with Crippen molar-refractivity contribution in [3.63, 3.8) is 0 Å². The van der Waals surface area contributed by atoms with E-state index in [0.29, 0.717) is 10.5 Å². The Kier molecular flexibility index (Phi) is 3.17. The molecule has 1 atom stereocenters. The Bertz CT molecular complexity index is 649. The number of hydrogen-bond acceptors (Lipinski definition) is 2. The lowest BCUT2D eigenvalue weighted by Gasteiger charge is -2.15. The van der Waals surface area contributed by atoms with Gasteiger partial charge in [-0.3, -0.25) is 0 Å². The third-order valence-corrected chi connectivity index (χ3v) is 3.63. The van der Waals surface area contributed by atoms with Crippen LogP contribution in [-0.4, -0.2) is 26.9 Å². The highest BCUT2D eigenvalue weighted by Gasteiger charge is 2.40. The molecule has 1 aromatic carbocycles. The minimum absolute atomic E-state index is 0.161. The van der Waals surface area contributed by atoms with E-state index in [1.165, 1.54) is 0 Å². The van der Waals surface area contributed by atoms with Gasteiger partial charge in [0.2, 0.25) is 0 Å². The van der Waals surface area contributed by atoms with E-state index < -0.39 is 18.7 Å². The lowest BCUT2D eigenvalue weighted by molar-refractivity contribution is -0.203. The summed E-state index contributed by atoms with van der Waals surface area (Å²) < 4.78 is 39.3. The molecule has 1 N–H and O–H groups in total. The van der Waals surface area contributed by atoms with Crippen molar-refractivity contribution in [1.29, 1.82) is 0 Å². The van der Waals surface area contributed by atoms with Gasteiger partial charge in [0.25, 0.3) is 0 Å². The lowest BCUT2D eigenvalue weighted by atomic mass is 10.2. The lowest BCUT2D eigenvalue weighted by Crippen LogP contribution is -2.31. The molecule has 0 amide bonds. The summed E-state index contributed by atoms with van der Waals surface area (Å²) in [5.41, 5.74) is 1.33. The van der Waals surface area contributed by atoms with Crippen LogP contribution in [0, 0.1) is 0 Å². The van der Waals surface area contributed by atoms with Crippen LogP contribution in [0.5, 0.6) is 0 Å². The van der Waals surface area contributed by atoms with Crippen molar-refractivity contribution in [2.45, 2.75) is 37.6 Å². The maximum atomic E-state index is 12.5. The fourth-order valence-corrected chi connectivity index (χ4v) is 2.46. The Morgan fingerprint density at radius 1 is 1.40 bits per heavy atom. The van der Waals surface area contributed by atoms with Gasteiger partial charge in [0.1, 0.15) is 5.82 Å². The van der Waals surface area contributed by atoms with Crippen LogP contribution < -0.4 is 0 Å². The molecule has 3 rings (SSSR count). The molecule has 3 nitrogen and oxygen atoms in total. The number of aliphatic hydroxyl groups is 1. The summed E-state index contributed by atoms with van der Waals surface area (Å²) in [7, 11) is 0. The van der Waals surface area contributed by atoms with Gasteiger partial charge in [0.05, 0.1) is 11.0 Å². The van der Waals surface area contributed by atoms with Gasteiger partial charge in [-0.15, -0.1) is 0 Å². The average Bonchev–Trinajstić information content (AvgIpc) is 3.11. The predicted octanol–water partition coefficient (Wildman–Crippen LogP) is 3.49. The Morgan fingerprint density at radius 3 is 2.70 bits per heavy atom. The SMILES string of the molecule is OC(Cc1nc2ccc(Cl)cc2n1C1CC1)C(F)(F)F. The zero-order valence-electron chi connectivity index (χ0n) is 10.4. The molecule has 1 unspecified atom stereocenters. The molecule has 1 fully saturated rings. The quantitative estimate of drug-likeness (QED) is 0.942. The number of benzene rings is 1. The molecular formula is C13H12ClF3N2O. The van der Waals surface area contributed by atoms with E-state index >= 15 is 0 Å². The van der Waals surface area contributed by atoms with Crippen molar-refractivity contribution < 1.29 is 18.3 Å². The van der Waals surface area contributed by atoms with Crippen LogP contribution in [0.3, 0.4) is 0 Å². The van der Waals surface area contributed by atoms with Crippen LogP contribution >= 0.6 is 11.6 Å². The molecule has 0 saturated heterocycles. The number of halogens is 4. The minimum atomic E-state index is -4.63. The summed E-state index contributed by atoms with van der Waals surface area (Å²) in [5, 5.41) is 9.76. The van der Waals surface area contributed by atoms with Crippen molar-refractivity contribution in [2.75, 3.05) is 0 Å². The first-order valence-corrected chi connectivity index (χ1v) is 6.65. The van der Waals surface area contributed by atoms with E-state index in [1.807, 2.05) is 0 Å². The van der Waals surface area contributed by atoms with Crippen LogP contribution in [0.2, 0.25) is 5.02 Å². The first-order chi connectivity index (χ1) is 9.36. The van der Waals surface area contributed by atoms with E-state index in [4.69, 9.17) is 11.6 Å². The normalized spacial score (nSPS) is 17.6. The highest BCUT2D eigenvalue weighted by molar-refractivity contribution is 6.31. The molecule has 0 spiro atoms. The zero-order chi connectivity index (χ0) is 14.5. The van der Waals surface area contributed by atoms with Crippen molar-refractivity contribution in [1.82, 2.24) is 9.55 Å². The zero-order valence-corrected chi connectivity index (χ0v) is 11.1. The monoisotopic (exact) mass is 304 g/mol. The number of imidazole rings is 1. The third-order valence-electron chi connectivity index (χ3n) is 3.39. The second-order valence-corrected chi connectivity index (χ2v) is 5.46. The van der Waals surface area contributed by atoms with Crippen LogP contribution in [0.1, 0.15) is 24.7 Å². The summed E-state index contributed by atoms with van der Waals surface area (Å²) in [5.74, 6) is 0.259. The smallest absolute Gasteiger partial charge is 0.383 e. The Balaban J connectivity index is 2.04.